The quantitative estimate of drug-likeness (QED) is 0.438. The summed E-state index contributed by atoms with van der Waals surface area (Å²) in [5.74, 6) is -0.534. The first-order valence-electron chi connectivity index (χ1n) is 2.52. The third-order valence-corrected chi connectivity index (χ3v) is 2.31. The summed E-state index contributed by atoms with van der Waals surface area (Å²) in [6.45, 7) is 0. The highest BCUT2D eigenvalue weighted by Gasteiger charge is 2.05. The smallest absolute Gasteiger partial charge is 0.165 e. The third-order valence-electron chi connectivity index (χ3n) is 1.08. The van der Waals surface area contributed by atoms with E-state index in [2.05, 4.69) is 0 Å². The zero-order chi connectivity index (χ0) is 7.72. The van der Waals surface area contributed by atoms with Crippen molar-refractivity contribution >= 4 is 39.9 Å². The van der Waals surface area contributed by atoms with Gasteiger partial charge in [0.05, 0.1) is 10.7 Å². The molecule has 0 heterocycles. The van der Waals surface area contributed by atoms with Gasteiger partial charge in [0.2, 0.25) is 0 Å². The van der Waals surface area contributed by atoms with Crippen molar-refractivity contribution < 1.29 is 4.39 Å². The second kappa shape index (κ2) is 2.92. The van der Waals surface area contributed by atoms with Crippen LogP contribution in [0.2, 0.25) is 5.02 Å². The average Bonchev–Trinajstić information content (AvgIpc) is 1.93. The van der Waals surface area contributed by atoms with Gasteiger partial charge in [0.15, 0.2) is 5.82 Å². The maximum atomic E-state index is 12.7. The van der Waals surface area contributed by atoms with E-state index in [0.29, 0.717) is 3.57 Å². The van der Waals surface area contributed by atoms with Gasteiger partial charge in [0.25, 0.3) is 0 Å². The summed E-state index contributed by atoms with van der Waals surface area (Å²) in [5, 5.41) is 0.0675. The summed E-state index contributed by atoms with van der Waals surface area (Å²) >= 11 is 7.37. The van der Waals surface area contributed by atoms with Crippen LogP contribution in [-0.2, 0) is 0 Å². The molecular formula is C6H4ClFIN. The average molecular weight is 271 g/mol. The van der Waals surface area contributed by atoms with Gasteiger partial charge < -0.3 is 5.73 Å². The topological polar surface area (TPSA) is 26.0 Å². The summed E-state index contributed by atoms with van der Waals surface area (Å²) in [6, 6.07) is 3.15. The first-order chi connectivity index (χ1) is 4.63. The van der Waals surface area contributed by atoms with Gasteiger partial charge in [-0.15, -0.1) is 0 Å². The molecule has 1 aromatic rings. The van der Waals surface area contributed by atoms with E-state index in [1.54, 1.807) is 6.07 Å². The molecule has 0 aliphatic carbocycles. The molecule has 0 unspecified atom stereocenters. The van der Waals surface area contributed by atoms with Crippen LogP contribution in [0.1, 0.15) is 0 Å². The third kappa shape index (κ3) is 1.34. The Morgan fingerprint density at radius 2 is 2.10 bits per heavy atom. The Bertz CT molecular complexity index is 237. The second-order valence-electron chi connectivity index (χ2n) is 1.76. The van der Waals surface area contributed by atoms with Gasteiger partial charge in [-0.2, -0.15) is 0 Å². The van der Waals surface area contributed by atoms with E-state index in [1.807, 2.05) is 22.6 Å². The van der Waals surface area contributed by atoms with Crippen LogP contribution in [0.5, 0.6) is 0 Å². The number of hydrogen-bond acceptors (Lipinski definition) is 1. The normalized spacial score (nSPS) is 9.90. The van der Waals surface area contributed by atoms with Gasteiger partial charge in [0, 0.05) is 3.57 Å². The highest BCUT2D eigenvalue weighted by Crippen LogP contribution is 2.24. The lowest BCUT2D eigenvalue weighted by Gasteiger charge is -1.99. The molecule has 0 aliphatic heterocycles. The molecule has 0 amide bonds. The molecule has 0 aromatic heterocycles. The molecular weight excluding hydrogens is 267 g/mol. The van der Waals surface area contributed by atoms with Crippen molar-refractivity contribution in [1.82, 2.24) is 0 Å². The van der Waals surface area contributed by atoms with Gasteiger partial charge in [-0.05, 0) is 34.7 Å². The van der Waals surface area contributed by atoms with Crippen LogP contribution in [0.4, 0.5) is 10.1 Å². The fraction of sp³-hybridized carbons (Fsp3) is 0. The Morgan fingerprint density at radius 3 is 2.60 bits per heavy atom. The Balaban J connectivity index is 3.34. The minimum Gasteiger partial charge on any atom is -0.395 e. The number of rotatable bonds is 0. The molecule has 0 fully saturated rings. The van der Waals surface area contributed by atoms with Gasteiger partial charge in [-0.25, -0.2) is 4.39 Å². The van der Waals surface area contributed by atoms with E-state index in [0.717, 1.165) is 0 Å². The maximum absolute atomic E-state index is 12.7. The van der Waals surface area contributed by atoms with Gasteiger partial charge in [-0.3, -0.25) is 0 Å². The first-order valence-corrected chi connectivity index (χ1v) is 3.97. The molecule has 0 aliphatic rings. The van der Waals surface area contributed by atoms with Gasteiger partial charge >= 0.3 is 0 Å². The van der Waals surface area contributed by atoms with Crippen molar-refractivity contribution in [3.05, 3.63) is 26.5 Å². The van der Waals surface area contributed by atoms with Gasteiger partial charge in [0.1, 0.15) is 0 Å². The zero-order valence-electron chi connectivity index (χ0n) is 4.87. The molecule has 54 valence electrons. The molecule has 0 bridgehead atoms. The van der Waals surface area contributed by atoms with E-state index >= 15 is 0 Å². The van der Waals surface area contributed by atoms with E-state index in [9.17, 15) is 4.39 Å². The number of halogens is 3. The summed E-state index contributed by atoms with van der Waals surface area (Å²) in [5.41, 5.74) is 5.43. The lowest BCUT2D eigenvalue weighted by Crippen LogP contribution is -1.93. The summed E-state index contributed by atoms with van der Waals surface area (Å²) in [7, 11) is 0. The molecule has 1 rings (SSSR count). The van der Waals surface area contributed by atoms with Crippen LogP contribution in [0, 0.1) is 9.39 Å². The molecule has 10 heavy (non-hydrogen) atoms. The monoisotopic (exact) mass is 271 g/mol. The van der Waals surface area contributed by atoms with E-state index < -0.39 is 5.82 Å². The van der Waals surface area contributed by atoms with Crippen LogP contribution in [0.15, 0.2) is 12.1 Å². The highest BCUT2D eigenvalue weighted by atomic mass is 127. The molecule has 1 aromatic carbocycles. The molecule has 0 saturated heterocycles. The Hall–Kier alpha value is -0.0300. The standard InChI is InChI=1S/C6H4ClFIN/c7-3-1-2-4(9)6(10)5(3)8/h1-2H,10H2. The van der Waals surface area contributed by atoms with Crippen LogP contribution in [-0.4, -0.2) is 0 Å². The molecule has 4 heteroatoms. The largest absolute Gasteiger partial charge is 0.395 e. The fourth-order valence-electron chi connectivity index (χ4n) is 0.543. The molecule has 0 saturated carbocycles. The maximum Gasteiger partial charge on any atom is 0.165 e. The predicted molar refractivity (Wildman–Crippen MR) is 48.5 cm³/mol. The number of hydrogen-bond donors (Lipinski definition) is 1. The number of anilines is 1. The van der Waals surface area contributed by atoms with Crippen molar-refractivity contribution in [3.63, 3.8) is 0 Å². The summed E-state index contributed by atoms with van der Waals surface area (Å²) in [6.07, 6.45) is 0. The minimum atomic E-state index is -0.534. The molecule has 1 nitrogen and oxygen atoms in total. The first kappa shape index (κ1) is 8.07. The van der Waals surface area contributed by atoms with Crippen molar-refractivity contribution in [1.29, 1.82) is 0 Å². The highest BCUT2D eigenvalue weighted by molar-refractivity contribution is 14.1. The molecule has 0 atom stereocenters. The van der Waals surface area contributed by atoms with Crippen molar-refractivity contribution in [2.75, 3.05) is 5.73 Å². The predicted octanol–water partition coefficient (Wildman–Crippen LogP) is 2.67. The number of nitrogen functional groups attached to an aromatic ring is 1. The zero-order valence-corrected chi connectivity index (χ0v) is 7.78. The van der Waals surface area contributed by atoms with E-state index in [4.69, 9.17) is 17.3 Å². The lowest BCUT2D eigenvalue weighted by molar-refractivity contribution is 0.632. The van der Waals surface area contributed by atoms with Crippen LogP contribution in [0.3, 0.4) is 0 Å². The van der Waals surface area contributed by atoms with Crippen LogP contribution in [0.25, 0.3) is 0 Å². The van der Waals surface area contributed by atoms with E-state index in [1.165, 1.54) is 6.07 Å². The molecule has 2 N–H and O–H groups in total. The van der Waals surface area contributed by atoms with Crippen molar-refractivity contribution in [2.24, 2.45) is 0 Å². The van der Waals surface area contributed by atoms with Crippen molar-refractivity contribution in [2.45, 2.75) is 0 Å². The summed E-state index contributed by atoms with van der Waals surface area (Å²) < 4.78 is 13.4. The Kier molecular flexibility index (Phi) is 2.36. The Labute approximate surface area is 76.5 Å². The summed E-state index contributed by atoms with van der Waals surface area (Å²) in [4.78, 5) is 0. The lowest BCUT2D eigenvalue weighted by atomic mass is 10.3. The number of nitrogens with two attached hydrogens (primary N) is 1. The molecule has 0 spiro atoms. The fourth-order valence-corrected chi connectivity index (χ4v) is 1.12. The minimum absolute atomic E-state index is 0.0675. The molecule has 0 radical (unpaired) electrons. The van der Waals surface area contributed by atoms with Crippen molar-refractivity contribution in [3.8, 4) is 0 Å². The Morgan fingerprint density at radius 1 is 1.50 bits per heavy atom. The second-order valence-corrected chi connectivity index (χ2v) is 3.33. The van der Waals surface area contributed by atoms with Crippen LogP contribution < -0.4 is 5.73 Å². The number of benzene rings is 1. The van der Waals surface area contributed by atoms with Crippen LogP contribution >= 0.6 is 34.2 Å². The van der Waals surface area contributed by atoms with E-state index in [-0.39, 0.29) is 10.7 Å². The van der Waals surface area contributed by atoms with Gasteiger partial charge in [-0.1, -0.05) is 11.6 Å². The SMILES string of the molecule is Nc1c(I)ccc(Cl)c1F.